The topological polar surface area (TPSA) is 98.8 Å². The molecule has 146 valence electrons. The Morgan fingerprint density at radius 2 is 1.86 bits per heavy atom. The number of nitrogens with one attached hydrogen (secondary N) is 2. The molecule has 0 radical (unpaired) electrons. The number of rotatable bonds is 3. The highest BCUT2D eigenvalue weighted by Gasteiger charge is 2.44. The maximum absolute atomic E-state index is 12.9. The predicted molar refractivity (Wildman–Crippen MR) is 98.3 cm³/mol. The summed E-state index contributed by atoms with van der Waals surface area (Å²) in [6, 6.07) is 5.00. The van der Waals surface area contributed by atoms with Crippen LogP contribution in [0.1, 0.15) is 45.5 Å². The van der Waals surface area contributed by atoms with Gasteiger partial charge in [-0.3, -0.25) is 34.3 Å². The van der Waals surface area contributed by atoms with Crippen LogP contribution in [0.15, 0.2) is 18.2 Å². The highest BCUT2D eigenvalue weighted by atomic mass is 16.2. The summed E-state index contributed by atoms with van der Waals surface area (Å²) in [5.74, 6) is -1.07. The second-order valence-corrected chi connectivity index (χ2v) is 8.13. The van der Waals surface area contributed by atoms with Crippen molar-refractivity contribution >= 4 is 23.6 Å². The van der Waals surface area contributed by atoms with Gasteiger partial charge in [-0.05, 0) is 49.5 Å². The molecule has 28 heavy (non-hydrogen) atoms. The zero-order valence-electron chi connectivity index (χ0n) is 15.4. The van der Waals surface area contributed by atoms with E-state index in [2.05, 4.69) is 15.5 Å². The number of fused-ring (bicyclic) bond motifs is 2. The summed E-state index contributed by atoms with van der Waals surface area (Å²) in [4.78, 5) is 52.5. The third-order valence-electron chi connectivity index (χ3n) is 6.39. The van der Waals surface area contributed by atoms with Crippen LogP contribution in [-0.4, -0.2) is 65.1 Å². The molecule has 3 atom stereocenters. The van der Waals surface area contributed by atoms with Crippen LogP contribution in [0.3, 0.4) is 0 Å². The molecule has 8 nitrogen and oxygen atoms in total. The van der Waals surface area contributed by atoms with Gasteiger partial charge in [-0.25, -0.2) is 0 Å². The largest absolute Gasteiger partial charge is 0.312 e. The van der Waals surface area contributed by atoms with E-state index in [-0.39, 0.29) is 18.7 Å². The molecule has 3 saturated heterocycles. The average molecular weight is 382 g/mol. The first-order valence-corrected chi connectivity index (χ1v) is 9.81. The van der Waals surface area contributed by atoms with Crippen LogP contribution >= 0.6 is 0 Å². The van der Waals surface area contributed by atoms with Crippen molar-refractivity contribution in [2.24, 2.45) is 5.92 Å². The lowest BCUT2D eigenvalue weighted by molar-refractivity contribution is -0.136. The SMILES string of the molecule is O=C1CCC(N2C(=O)c3ccc(CN4CC[C@H]5CN[C@H]5C4)cc3C2=O)C(=O)N1. The van der Waals surface area contributed by atoms with Gasteiger partial charge in [0.15, 0.2) is 0 Å². The Hall–Kier alpha value is -2.58. The van der Waals surface area contributed by atoms with E-state index < -0.39 is 23.8 Å². The fourth-order valence-electron chi connectivity index (χ4n) is 4.70. The van der Waals surface area contributed by atoms with Crippen LogP contribution in [0.5, 0.6) is 0 Å². The number of imide groups is 2. The fourth-order valence-corrected chi connectivity index (χ4v) is 4.70. The Morgan fingerprint density at radius 1 is 1.04 bits per heavy atom. The van der Waals surface area contributed by atoms with Crippen molar-refractivity contribution in [3.8, 4) is 0 Å². The van der Waals surface area contributed by atoms with Gasteiger partial charge in [-0.15, -0.1) is 0 Å². The van der Waals surface area contributed by atoms with E-state index in [9.17, 15) is 19.2 Å². The second kappa shape index (κ2) is 6.49. The third kappa shape index (κ3) is 2.75. The lowest BCUT2D eigenvalue weighted by Crippen LogP contribution is -2.61. The summed E-state index contributed by atoms with van der Waals surface area (Å²) in [7, 11) is 0. The van der Waals surface area contributed by atoms with Crippen molar-refractivity contribution in [2.75, 3.05) is 19.6 Å². The Labute approximate surface area is 162 Å². The maximum atomic E-state index is 12.9. The number of amides is 4. The van der Waals surface area contributed by atoms with Crippen molar-refractivity contribution in [1.29, 1.82) is 0 Å². The van der Waals surface area contributed by atoms with E-state index in [1.807, 2.05) is 6.07 Å². The Kier molecular flexibility index (Phi) is 4.06. The molecule has 4 heterocycles. The summed E-state index contributed by atoms with van der Waals surface area (Å²) < 4.78 is 0. The highest BCUT2D eigenvalue weighted by molar-refractivity contribution is 6.23. The van der Waals surface area contributed by atoms with E-state index in [0.29, 0.717) is 17.2 Å². The molecule has 3 fully saturated rings. The standard InChI is InChI=1S/C20H22N4O4/c25-17-4-3-16(18(26)22-17)24-19(27)13-2-1-11(7-14(13)20(24)28)9-23-6-5-12-8-21-15(12)10-23/h1-2,7,12,15-16,21H,3-6,8-10H2,(H,22,25,26)/t12-,15-,16?/m0/s1. The second-order valence-electron chi connectivity index (χ2n) is 8.13. The van der Waals surface area contributed by atoms with Gasteiger partial charge in [-0.1, -0.05) is 6.07 Å². The molecular weight excluding hydrogens is 360 g/mol. The predicted octanol–water partition coefficient (Wildman–Crippen LogP) is -0.118. The van der Waals surface area contributed by atoms with Gasteiger partial charge >= 0.3 is 0 Å². The van der Waals surface area contributed by atoms with Crippen LogP contribution in [0.2, 0.25) is 0 Å². The molecule has 1 unspecified atom stereocenters. The first kappa shape index (κ1) is 17.5. The number of carbonyl (C=O) groups excluding carboxylic acids is 4. The molecule has 5 rings (SSSR count). The normalized spacial score (nSPS) is 30.0. The van der Waals surface area contributed by atoms with Gasteiger partial charge in [0.25, 0.3) is 11.8 Å². The van der Waals surface area contributed by atoms with Gasteiger partial charge < -0.3 is 5.32 Å². The van der Waals surface area contributed by atoms with Gasteiger partial charge in [-0.2, -0.15) is 0 Å². The van der Waals surface area contributed by atoms with Gasteiger partial charge in [0.1, 0.15) is 6.04 Å². The van der Waals surface area contributed by atoms with Crippen LogP contribution in [0, 0.1) is 5.92 Å². The average Bonchev–Trinajstić information content (AvgIpc) is 2.88. The number of hydrogen-bond acceptors (Lipinski definition) is 6. The number of carbonyl (C=O) groups is 4. The molecule has 0 spiro atoms. The van der Waals surface area contributed by atoms with Crippen molar-refractivity contribution in [1.82, 2.24) is 20.4 Å². The molecule has 4 aliphatic heterocycles. The number of benzene rings is 1. The lowest BCUT2D eigenvalue weighted by Gasteiger charge is -2.46. The Balaban J connectivity index is 1.34. The van der Waals surface area contributed by atoms with Crippen molar-refractivity contribution in [3.05, 3.63) is 34.9 Å². The summed E-state index contributed by atoms with van der Waals surface area (Å²) in [5.41, 5.74) is 1.67. The van der Waals surface area contributed by atoms with Crippen molar-refractivity contribution in [2.45, 2.75) is 37.9 Å². The maximum Gasteiger partial charge on any atom is 0.262 e. The van der Waals surface area contributed by atoms with E-state index in [0.717, 1.165) is 42.6 Å². The minimum absolute atomic E-state index is 0.125. The smallest absolute Gasteiger partial charge is 0.262 e. The molecule has 0 saturated carbocycles. The lowest BCUT2D eigenvalue weighted by atomic mass is 9.85. The van der Waals surface area contributed by atoms with Crippen LogP contribution in [0.4, 0.5) is 0 Å². The summed E-state index contributed by atoms with van der Waals surface area (Å²) in [5, 5.41) is 5.67. The van der Waals surface area contributed by atoms with E-state index in [1.165, 1.54) is 6.42 Å². The monoisotopic (exact) mass is 382 g/mol. The zero-order valence-corrected chi connectivity index (χ0v) is 15.4. The molecule has 4 aliphatic rings. The molecular formula is C20H22N4O4. The molecule has 1 aromatic rings. The summed E-state index contributed by atoms with van der Waals surface area (Å²) in [6.07, 6.45) is 1.48. The molecule has 0 aromatic heterocycles. The van der Waals surface area contributed by atoms with Crippen LogP contribution in [0.25, 0.3) is 0 Å². The van der Waals surface area contributed by atoms with E-state index in [1.54, 1.807) is 12.1 Å². The first-order valence-electron chi connectivity index (χ1n) is 9.81. The summed E-state index contributed by atoms with van der Waals surface area (Å²) in [6.45, 7) is 3.88. The first-order chi connectivity index (χ1) is 13.5. The Bertz CT molecular complexity index is 898. The molecule has 0 bridgehead atoms. The zero-order chi connectivity index (χ0) is 19.4. The van der Waals surface area contributed by atoms with Gasteiger partial charge in [0.2, 0.25) is 11.8 Å². The minimum atomic E-state index is -0.919. The molecule has 2 N–H and O–H groups in total. The quantitative estimate of drug-likeness (QED) is 0.708. The van der Waals surface area contributed by atoms with E-state index in [4.69, 9.17) is 0 Å². The van der Waals surface area contributed by atoms with Crippen LogP contribution in [-0.2, 0) is 16.1 Å². The van der Waals surface area contributed by atoms with Crippen molar-refractivity contribution in [3.63, 3.8) is 0 Å². The molecule has 8 heteroatoms. The van der Waals surface area contributed by atoms with E-state index >= 15 is 0 Å². The number of hydrogen-bond donors (Lipinski definition) is 2. The van der Waals surface area contributed by atoms with Crippen molar-refractivity contribution < 1.29 is 19.2 Å². The minimum Gasteiger partial charge on any atom is -0.312 e. The third-order valence-corrected chi connectivity index (χ3v) is 6.39. The molecule has 4 amide bonds. The fraction of sp³-hybridized carbons (Fsp3) is 0.500. The number of nitrogens with zero attached hydrogens (tertiary/aromatic N) is 2. The number of likely N-dealkylation sites (tertiary alicyclic amines) is 1. The highest BCUT2D eigenvalue weighted by Crippen LogP contribution is 2.30. The van der Waals surface area contributed by atoms with Gasteiger partial charge in [0, 0.05) is 25.6 Å². The molecule has 0 aliphatic carbocycles. The summed E-state index contributed by atoms with van der Waals surface area (Å²) >= 11 is 0. The Morgan fingerprint density at radius 3 is 2.57 bits per heavy atom. The van der Waals surface area contributed by atoms with Crippen LogP contribution < -0.4 is 10.6 Å². The number of piperidine rings is 2. The van der Waals surface area contributed by atoms with Gasteiger partial charge in [0.05, 0.1) is 11.1 Å². The molecule has 1 aromatic carbocycles.